The van der Waals surface area contributed by atoms with Gasteiger partial charge in [0.15, 0.2) is 0 Å². The molecule has 0 N–H and O–H groups in total. The van der Waals surface area contributed by atoms with Gasteiger partial charge in [0.25, 0.3) is 0 Å². The maximum absolute atomic E-state index is 4.09. The van der Waals surface area contributed by atoms with E-state index in [9.17, 15) is 0 Å². The van der Waals surface area contributed by atoms with Crippen molar-refractivity contribution >= 4 is 17.1 Å². The van der Waals surface area contributed by atoms with Crippen molar-refractivity contribution < 1.29 is 0 Å². The van der Waals surface area contributed by atoms with Gasteiger partial charge in [0.2, 0.25) is 0 Å². The lowest BCUT2D eigenvalue weighted by molar-refractivity contribution is 1.13. The van der Waals surface area contributed by atoms with Crippen LogP contribution in [-0.2, 0) is 0 Å². The summed E-state index contributed by atoms with van der Waals surface area (Å²) in [5.74, 6) is 0. The molecule has 2 heterocycles. The fourth-order valence-corrected chi connectivity index (χ4v) is 1.92. The first-order chi connectivity index (χ1) is 9.45. The SMILES string of the molecule is c1ccc(N(c2ccncc2)c2cncnc2)cc1. The minimum Gasteiger partial charge on any atom is -0.307 e. The molecule has 0 bridgehead atoms. The number of rotatable bonds is 3. The summed E-state index contributed by atoms with van der Waals surface area (Å²) >= 11 is 0. The number of benzene rings is 1. The van der Waals surface area contributed by atoms with Crippen LogP contribution >= 0.6 is 0 Å². The van der Waals surface area contributed by atoms with E-state index in [1.54, 1.807) is 24.8 Å². The normalized spacial score (nSPS) is 10.1. The molecule has 0 unspecified atom stereocenters. The zero-order valence-corrected chi connectivity index (χ0v) is 10.2. The predicted octanol–water partition coefficient (Wildman–Crippen LogP) is 3.34. The van der Waals surface area contributed by atoms with Crippen LogP contribution in [0.3, 0.4) is 0 Å². The van der Waals surface area contributed by atoms with Gasteiger partial charge in [0.1, 0.15) is 6.33 Å². The van der Waals surface area contributed by atoms with Crippen LogP contribution in [0.5, 0.6) is 0 Å². The topological polar surface area (TPSA) is 41.9 Å². The third kappa shape index (κ3) is 2.42. The van der Waals surface area contributed by atoms with Gasteiger partial charge in [-0.3, -0.25) is 4.98 Å². The molecule has 0 aliphatic heterocycles. The van der Waals surface area contributed by atoms with Crippen LogP contribution in [-0.4, -0.2) is 15.0 Å². The Labute approximate surface area is 111 Å². The van der Waals surface area contributed by atoms with E-state index in [0.29, 0.717) is 0 Å². The summed E-state index contributed by atoms with van der Waals surface area (Å²) in [6.45, 7) is 0. The van der Waals surface area contributed by atoms with Crippen molar-refractivity contribution in [2.45, 2.75) is 0 Å². The first-order valence-electron chi connectivity index (χ1n) is 5.95. The second-order valence-electron chi connectivity index (χ2n) is 3.97. The summed E-state index contributed by atoms with van der Waals surface area (Å²) < 4.78 is 0. The first-order valence-corrected chi connectivity index (χ1v) is 5.95. The van der Waals surface area contributed by atoms with Crippen LogP contribution < -0.4 is 4.90 Å². The van der Waals surface area contributed by atoms with Gasteiger partial charge in [-0.1, -0.05) is 18.2 Å². The number of hydrogen-bond donors (Lipinski definition) is 0. The lowest BCUT2D eigenvalue weighted by Gasteiger charge is -2.24. The van der Waals surface area contributed by atoms with Crippen LogP contribution in [0.2, 0.25) is 0 Å². The van der Waals surface area contributed by atoms with Crippen molar-refractivity contribution in [1.82, 2.24) is 15.0 Å². The van der Waals surface area contributed by atoms with Gasteiger partial charge >= 0.3 is 0 Å². The van der Waals surface area contributed by atoms with Crippen LogP contribution in [0.15, 0.2) is 73.6 Å². The van der Waals surface area contributed by atoms with Gasteiger partial charge in [0, 0.05) is 23.8 Å². The Balaban J connectivity index is 2.12. The monoisotopic (exact) mass is 248 g/mol. The Hall–Kier alpha value is -2.75. The van der Waals surface area contributed by atoms with Crippen LogP contribution in [0.4, 0.5) is 17.1 Å². The number of hydrogen-bond acceptors (Lipinski definition) is 4. The van der Waals surface area contributed by atoms with Gasteiger partial charge in [-0.15, -0.1) is 0 Å². The van der Waals surface area contributed by atoms with E-state index in [-0.39, 0.29) is 0 Å². The van der Waals surface area contributed by atoms with E-state index in [0.717, 1.165) is 17.1 Å². The van der Waals surface area contributed by atoms with Crippen molar-refractivity contribution in [3.05, 3.63) is 73.6 Å². The molecule has 4 heteroatoms. The molecule has 2 aromatic heterocycles. The van der Waals surface area contributed by atoms with Crippen LogP contribution in [0.25, 0.3) is 0 Å². The van der Waals surface area contributed by atoms with E-state index in [4.69, 9.17) is 0 Å². The molecule has 0 amide bonds. The molecular weight excluding hydrogens is 236 g/mol. The Morgan fingerprint density at radius 2 is 1.26 bits per heavy atom. The number of nitrogens with zero attached hydrogens (tertiary/aromatic N) is 4. The summed E-state index contributed by atoms with van der Waals surface area (Å²) in [4.78, 5) is 14.3. The molecule has 0 saturated heterocycles. The van der Waals surface area contributed by atoms with Crippen molar-refractivity contribution in [3.63, 3.8) is 0 Å². The van der Waals surface area contributed by atoms with E-state index in [1.807, 2.05) is 42.5 Å². The molecule has 0 fully saturated rings. The highest BCUT2D eigenvalue weighted by Crippen LogP contribution is 2.32. The highest BCUT2D eigenvalue weighted by molar-refractivity contribution is 5.74. The molecule has 0 spiro atoms. The zero-order chi connectivity index (χ0) is 12.9. The lowest BCUT2D eigenvalue weighted by Crippen LogP contribution is -2.10. The van der Waals surface area contributed by atoms with E-state index in [2.05, 4.69) is 19.9 Å². The predicted molar refractivity (Wildman–Crippen MR) is 74.5 cm³/mol. The highest BCUT2D eigenvalue weighted by atomic mass is 15.2. The molecule has 3 rings (SSSR count). The third-order valence-electron chi connectivity index (χ3n) is 2.74. The summed E-state index contributed by atoms with van der Waals surface area (Å²) in [5, 5.41) is 0. The van der Waals surface area contributed by atoms with E-state index >= 15 is 0 Å². The second kappa shape index (κ2) is 5.27. The average molecular weight is 248 g/mol. The lowest BCUT2D eigenvalue weighted by atomic mass is 10.2. The minimum atomic E-state index is 0.917. The Morgan fingerprint density at radius 1 is 0.632 bits per heavy atom. The maximum atomic E-state index is 4.09. The highest BCUT2D eigenvalue weighted by Gasteiger charge is 2.11. The van der Waals surface area contributed by atoms with Gasteiger partial charge < -0.3 is 4.90 Å². The average Bonchev–Trinajstić information content (AvgIpc) is 2.51. The minimum absolute atomic E-state index is 0.917. The molecule has 19 heavy (non-hydrogen) atoms. The van der Waals surface area contributed by atoms with Crippen molar-refractivity contribution in [2.75, 3.05) is 4.90 Å². The molecule has 0 aliphatic carbocycles. The van der Waals surface area contributed by atoms with Gasteiger partial charge in [-0.2, -0.15) is 0 Å². The van der Waals surface area contributed by atoms with E-state index < -0.39 is 0 Å². The fourth-order valence-electron chi connectivity index (χ4n) is 1.92. The van der Waals surface area contributed by atoms with Crippen LogP contribution in [0, 0.1) is 0 Å². The summed E-state index contributed by atoms with van der Waals surface area (Å²) in [7, 11) is 0. The maximum Gasteiger partial charge on any atom is 0.115 e. The van der Waals surface area contributed by atoms with E-state index in [1.165, 1.54) is 6.33 Å². The Morgan fingerprint density at radius 3 is 1.95 bits per heavy atom. The number of para-hydroxylation sites is 1. The molecule has 4 nitrogen and oxygen atoms in total. The molecule has 0 aliphatic rings. The molecular formula is C15H12N4. The summed E-state index contributed by atoms with van der Waals surface area (Å²) in [5.41, 5.74) is 3.00. The molecule has 3 aromatic rings. The smallest absolute Gasteiger partial charge is 0.115 e. The molecule has 0 saturated carbocycles. The Kier molecular flexibility index (Phi) is 3.14. The van der Waals surface area contributed by atoms with Crippen molar-refractivity contribution in [3.8, 4) is 0 Å². The van der Waals surface area contributed by atoms with Gasteiger partial charge in [0.05, 0.1) is 18.1 Å². The standard InChI is InChI=1S/C15H12N4/c1-2-4-13(5-3-1)19(14-6-8-16-9-7-14)15-10-17-12-18-11-15/h1-12H. The second-order valence-corrected chi connectivity index (χ2v) is 3.97. The number of pyridine rings is 1. The van der Waals surface area contributed by atoms with Gasteiger partial charge in [-0.25, -0.2) is 9.97 Å². The zero-order valence-electron chi connectivity index (χ0n) is 10.2. The Bertz CT molecular complexity index is 532. The van der Waals surface area contributed by atoms with Crippen molar-refractivity contribution in [2.24, 2.45) is 0 Å². The molecule has 0 radical (unpaired) electrons. The van der Waals surface area contributed by atoms with Gasteiger partial charge in [-0.05, 0) is 24.3 Å². The first kappa shape index (κ1) is 11.3. The summed E-state index contributed by atoms with van der Waals surface area (Å²) in [6.07, 6.45) is 8.66. The molecule has 92 valence electrons. The van der Waals surface area contributed by atoms with Crippen LogP contribution in [0.1, 0.15) is 0 Å². The quantitative estimate of drug-likeness (QED) is 0.713. The number of aromatic nitrogens is 3. The largest absolute Gasteiger partial charge is 0.307 e. The molecule has 1 aromatic carbocycles. The molecule has 0 atom stereocenters. The number of anilines is 3. The summed E-state index contributed by atoms with van der Waals surface area (Å²) in [6, 6.07) is 14.0. The fraction of sp³-hybridized carbons (Fsp3) is 0. The third-order valence-corrected chi connectivity index (χ3v) is 2.74. The van der Waals surface area contributed by atoms with Crippen molar-refractivity contribution in [1.29, 1.82) is 0 Å².